The zero-order chi connectivity index (χ0) is 21.6. The van der Waals surface area contributed by atoms with E-state index in [9.17, 15) is 18.0 Å². The van der Waals surface area contributed by atoms with Crippen LogP contribution in [0.4, 0.5) is 0 Å². The molecule has 7 nitrogen and oxygen atoms in total. The number of amides is 1. The molecule has 0 aliphatic carbocycles. The molecule has 160 valence electrons. The van der Waals surface area contributed by atoms with Gasteiger partial charge in [0.2, 0.25) is 15.9 Å². The molecule has 1 N–H and O–H groups in total. The molecule has 0 spiro atoms. The Kier molecular flexibility index (Phi) is 7.23. The summed E-state index contributed by atoms with van der Waals surface area (Å²) in [6, 6.07) is 15.4. The first kappa shape index (κ1) is 22.0. The number of hydrogen-bond acceptors (Lipinski definition) is 5. The van der Waals surface area contributed by atoms with Gasteiger partial charge in [-0.15, -0.1) is 0 Å². The molecule has 1 aliphatic rings. The highest BCUT2D eigenvalue weighted by atomic mass is 32.2. The van der Waals surface area contributed by atoms with Crippen LogP contribution in [0.2, 0.25) is 0 Å². The Balaban J connectivity index is 1.55. The third kappa shape index (κ3) is 5.25. The van der Waals surface area contributed by atoms with Crippen LogP contribution in [0.3, 0.4) is 0 Å². The van der Waals surface area contributed by atoms with Gasteiger partial charge in [0.1, 0.15) is 0 Å². The Bertz CT molecular complexity index is 966. The van der Waals surface area contributed by atoms with Gasteiger partial charge in [0.25, 0.3) is 0 Å². The highest BCUT2D eigenvalue weighted by Crippen LogP contribution is 2.24. The van der Waals surface area contributed by atoms with Crippen molar-refractivity contribution in [2.24, 2.45) is 5.92 Å². The summed E-state index contributed by atoms with van der Waals surface area (Å²) in [7, 11) is -3.67. The van der Waals surface area contributed by atoms with Crippen molar-refractivity contribution in [3.8, 4) is 0 Å². The number of sulfonamides is 1. The van der Waals surface area contributed by atoms with Crippen LogP contribution < -0.4 is 5.32 Å². The van der Waals surface area contributed by atoms with Crippen molar-refractivity contribution >= 4 is 21.9 Å². The molecule has 1 fully saturated rings. The zero-order valence-corrected chi connectivity index (χ0v) is 17.7. The van der Waals surface area contributed by atoms with Gasteiger partial charge in [-0.25, -0.2) is 13.2 Å². The predicted molar refractivity (Wildman–Crippen MR) is 112 cm³/mol. The Labute approximate surface area is 177 Å². The summed E-state index contributed by atoms with van der Waals surface area (Å²) >= 11 is 0. The standard InChI is InChI=1S/C22H26N2O5S/c1-2-29-22(26)19-8-10-20(11-9-19)30(27,28)24-14-12-18(13-15-24)21(25)23-16-17-6-4-3-5-7-17/h3-11,18H,2,12-16H2,1H3,(H,23,25). The molecule has 0 atom stereocenters. The molecule has 0 radical (unpaired) electrons. The molecular weight excluding hydrogens is 404 g/mol. The maximum Gasteiger partial charge on any atom is 0.338 e. The number of esters is 1. The minimum atomic E-state index is -3.67. The van der Waals surface area contributed by atoms with E-state index in [4.69, 9.17) is 4.74 Å². The van der Waals surface area contributed by atoms with Gasteiger partial charge in [-0.2, -0.15) is 4.31 Å². The minimum absolute atomic E-state index is 0.0466. The molecule has 0 aromatic heterocycles. The quantitative estimate of drug-likeness (QED) is 0.682. The first-order valence-corrected chi connectivity index (χ1v) is 11.4. The second-order valence-corrected chi connectivity index (χ2v) is 9.06. The van der Waals surface area contributed by atoms with Crippen molar-refractivity contribution in [2.75, 3.05) is 19.7 Å². The van der Waals surface area contributed by atoms with E-state index >= 15 is 0 Å². The summed E-state index contributed by atoms with van der Waals surface area (Å²) in [6.45, 7) is 3.00. The number of nitrogens with one attached hydrogen (secondary N) is 1. The van der Waals surface area contributed by atoms with Gasteiger partial charge < -0.3 is 10.1 Å². The molecule has 0 bridgehead atoms. The van der Waals surface area contributed by atoms with Crippen LogP contribution in [0.1, 0.15) is 35.7 Å². The predicted octanol–water partition coefficient (Wildman–Crippen LogP) is 2.58. The average molecular weight is 431 g/mol. The highest BCUT2D eigenvalue weighted by molar-refractivity contribution is 7.89. The molecule has 2 aromatic rings. The third-order valence-electron chi connectivity index (χ3n) is 5.14. The van der Waals surface area contributed by atoms with Gasteiger partial charge in [0, 0.05) is 25.6 Å². The second kappa shape index (κ2) is 9.86. The van der Waals surface area contributed by atoms with E-state index in [1.807, 2.05) is 30.3 Å². The molecular formula is C22H26N2O5S. The van der Waals surface area contributed by atoms with Crippen LogP contribution >= 0.6 is 0 Å². The highest BCUT2D eigenvalue weighted by Gasteiger charge is 2.32. The number of nitrogens with zero attached hydrogens (tertiary/aromatic N) is 1. The minimum Gasteiger partial charge on any atom is -0.462 e. The van der Waals surface area contributed by atoms with E-state index in [1.165, 1.54) is 28.6 Å². The van der Waals surface area contributed by atoms with Gasteiger partial charge >= 0.3 is 5.97 Å². The van der Waals surface area contributed by atoms with Gasteiger partial charge in [0.05, 0.1) is 17.1 Å². The molecule has 30 heavy (non-hydrogen) atoms. The third-order valence-corrected chi connectivity index (χ3v) is 7.05. The Morgan fingerprint density at radius 3 is 2.27 bits per heavy atom. The largest absolute Gasteiger partial charge is 0.462 e. The SMILES string of the molecule is CCOC(=O)c1ccc(S(=O)(=O)N2CCC(C(=O)NCc3ccccc3)CC2)cc1. The zero-order valence-electron chi connectivity index (χ0n) is 16.9. The summed E-state index contributed by atoms with van der Waals surface area (Å²) < 4.78 is 32.1. The maximum atomic E-state index is 12.9. The normalized spacial score (nSPS) is 15.5. The van der Waals surface area contributed by atoms with Crippen LogP contribution in [-0.4, -0.2) is 44.3 Å². The van der Waals surface area contributed by atoms with Crippen LogP contribution in [0.5, 0.6) is 0 Å². The number of piperidine rings is 1. The van der Waals surface area contributed by atoms with Crippen LogP contribution in [0.25, 0.3) is 0 Å². The lowest BCUT2D eigenvalue weighted by molar-refractivity contribution is -0.126. The summed E-state index contributed by atoms with van der Waals surface area (Å²) in [4.78, 5) is 24.3. The Hall–Kier alpha value is -2.71. The summed E-state index contributed by atoms with van der Waals surface area (Å²) in [5, 5.41) is 2.93. The van der Waals surface area contributed by atoms with E-state index in [0.717, 1.165) is 5.56 Å². The summed E-state index contributed by atoms with van der Waals surface area (Å²) in [5.41, 5.74) is 1.33. The molecule has 1 aliphatic heterocycles. The number of carbonyl (C=O) groups is 2. The monoisotopic (exact) mass is 430 g/mol. The smallest absolute Gasteiger partial charge is 0.338 e. The Morgan fingerprint density at radius 2 is 1.67 bits per heavy atom. The van der Waals surface area contributed by atoms with Crippen molar-refractivity contribution in [1.82, 2.24) is 9.62 Å². The number of carbonyl (C=O) groups excluding carboxylic acids is 2. The van der Waals surface area contributed by atoms with Gasteiger partial charge in [0.15, 0.2) is 0 Å². The molecule has 8 heteroatoms. The topological polar surface area (TPSA) is 92.8 Å². The van der Waals surface area contributed by atoms with E-state index in [-0.39, 0.29) is 36.4 Å². The number of benzene rings is 2. The van der Waals surface area contributed by atoms with E-state index < -0.39 is 16.0 Å². The lowest BCUT2D eigenvalue weighted by Crippen LogP contribution is -2.42. The maximum absolute atomic E-state index is 12.9. The van der Waals surface area contributed by atoms with Crippen molar-refractivity contribution in [2.45, 2.75) is 31.2 Å². The fourth-order valence-electron chi connectivity index (χ4n) is 3.41. The van der Waals surface area contributed by atoms with Gasteiger partial charge in [-0.05, 0) is 49.6 Å². The lowest BCUT2D eigenvalue weighted by Gasteiger charge is -2.30. The van der Waals surface area contributed by atoms with Crippen molar-refractivity contribution in [3.63, 3.8) is 0 Å². The molecule has 1 heterocycles. The number of rotatable bonds is 7. The molecule has 1 amide bonds. The van der Waals surface area contributed by atoms with Crippen LogP contribution in [-0.2, 0) is 26.1 Å². The van der Waals surface area contributed by atoms with E-state index in [0.29, 0.717) is 24.9 Å². The molecule has 0 unspecified atom stereocenters. The van der Waals surface area contributed by atoms with Crippen molar-refractivity contribution < 1.29 is 22.7 Å². The van der Waals surface area contributed by atoms with Gasteiger partial charge in [-0.1, -0.05) is 30.3 Å². The van der Waals surface area contributed by atoms with Crippen molar-refractivity contribution in [3.05, 3.63) is 65.7 Å². The lowest BCUT2D eigenvalue weighted by atomic mass is 9.97. The molecule has 2 aromatic carbocycles. The number of hydrogen-bond donors (Lipinski definition) is 1. The van der Waals surface area contributed by atoms with Crippen LogP contribution in [0, 0.1) is 5.92 Å². The summed E-state index contributed by atoms with van der Waals surface area (Å²) in [5.74, 6) is -0.732. The molecule has 3 rings (SSSR count). The van der Waals surface area contributed by atoms with E-state index in [2.05, 4.69) is 5.32 Å². The summed E-state index contributed by atoms with van der Waals surface area (Å²) in [6.07, 6.45) is 0.946. The van der Waals surface area contributed by atoms with Gasteiger partial charge in [-0.3, -0.25) is 4.79 Å². The molecule has 0 saturated carbocycles. The fourth-order valence-corrected chi connectivity index (χ4v) is 4.88. The first-order valence-electron chi connectivity index (χ1n) is 10.0. The number of ether oxygens (including phenoxy) is 1. The Morgan fingerprint density at radius 1 is 1.03 bits per heavy atom. The fraction of sp³-hybridized carbons (Fsp3) is 0.364. The average Bonchev–Trinajstić information content (AvgIpc) is 2.78. The van der Waals surface area contributed by atoms with Crippen molar-refractivity contribution in [1.29, 1.82) is 0 Å². The second-order valence-electron chi connectivity index (χ2n) is 7.13. The van der Waals surface area contributed by atoms with Crippen LogP contribution in [0.15, 0.2) is 59.5 Å². The molecule has 1 saturated heterocycles. The first-order chi connectivity index (χ1) is 14.4. The van der Waals surface area contributed by atoms with E-state index in [1.54, 1.807) is 6.92 Å².